The number of anilines is 1. The van der Waals surface area contributed by atoms with E-state index in [9.17, 15) is 4.79 Å². The third kappa shape index (κ3) is 4.04. The number of nitrogens with one attached hydrogen (secondary N) is 1. The van der Waals surface area contributed by atoms with Crippen LogP contribution in [0, 0.1) is 5.41 Å². The summed E-state index contributed by atoms with van der Waals surface area (Å²) < 4.78 is 5.13. The van der Waals surface area contributed by atoms with Gasteiger partial charge in [-0.1, -0.05) is 68.9 Å². The van der Waals surface area contributed by atoms with Gasteiger partial charge < -0.3 is 10.1 Å². The number of nitrogens with zero attached hydrogens (tertiary/aromatic N) is 1. The van der Waals surface area contributed by atoms with E-state index in [4.69, 9.17) is 9.73 Å². The number of thioether (sulfide) groups is 1. The molecule has 1 aliphatic heterocycles. The molecule has 0 amide bonds. The summed E-state index contributed by atoms with van der Waals surface area (Å²) in [4.78, 5) is 16.9. The summed E-state index contributed by atoms with van der Waals surface area (Å²) in [5.74, 6) is -0.152. The molecule has 0 aromatic heterocycles. The average Bonchev–Trinajstić information content (AvgIpc) is 2.96. The molecular formula is C21H26N2O2S. The molecule has 0 saturated carbocycles. The first kappa shape index (κ1) is 18.8. The molecule has 0 saturated heterocycles. The minimum absolute atomic E-state index is 0.0642. The Balaban J connectivity index is 1.79. The molecule has 26 heavy (non-hydrogen) atoms. The summed E-state index contributed by atoms with van der Waals surface area (Å²) in [7, 11) is 0. The Morgan fingerprint density at radius 2 is 1.96 bits per heavy atom. The first-order valence-electron chi connectivity index (χ1n) is 9.05. The highest BCUT2D eigenvalue weighted by Crippen LogP contribution is 2.40. The first-order valence-corrected chi connectivity index (χ1v) is 9.93. The lowest BCUT2D eigenvalue weighted by atomic mass is 9.80. The smallest absolute Gasteiger partial charge is 0.306 e. The zero-order valence-corrected chi connectivity index (χ0v) is 16.6. The van der Waals surface area contributed by atoms with Crippen molar-refractivity contribution in [2.75, 3.05) is 11.9 Å². The van der Waals surface area contributed by atoms with Gasteiger partial charge in [-0.15, -0.1) is 0 Å². The van der Waals surface area contributed by atoms with Gasteiger partial charge in [-0.05, 0) is 23.8 Å². The molecule has 3 rings (SSSR count). The number of fused-ring (bicyclic) bond motifs is 1. The van der Waals surface area contributed by atoms with Gasteiger partial charge in [-0.2, -0.15) is 0 Å². The van der Waals surface area contributed by atoms with Crippen molar-refractivity contribution in [1.82, 2.24) is 0 Å². The maximum atomic E-state index is 11.9. The summed E-state index contributed by atoms with van der Waals surface area (Å²) in [6.07, 6.45) is 0.376. The third-order valence-electron chi connectivity index (χ3n) is 4.74. The number of hydrogen-bond acceptors (Lipinski definition) is 5. The van der Waals surface area contributed by atoms with Crippen molar-refractivity contribution in [2.24, 2.45) is 10.4 Å². The monoisotopic (exact) mass is 370 g/mol. The largest absolute Gasteiger partial charge is 0.466 e. The lowest BCUT2D eigenvalue weighted by Crippen LogP contribution is -2.35. The summed E-state index contributed by atoms with van der Waals surface area (Å²) in [5, 5.41) is 7.09. The van der Waals surface area contributed by atoms with Crippen LogP contribution in [0.25, 0.3) is 10.8 Å². The van der Waals surface area contributed by atoms with Crippen LogP contribution in [0.2, 0.25) is 0 Å². The van der Waals surface area contributed by atoms with Gasteiger partial charge >= 0.3 is 5.97 Å². The zero-order valence-electron chi connectivity index (χ0n) is 15.8. The van der Waals surface area contributed by atoms with E-state index in [1.54, 1.807) is 11.8 Å². The molecule has 1 heterocycles. The standard InChI is InChI=1S/C21H26N2O2S/c1-5-25-18(24)13-21(3,4)19-14(2)26-20(23-19)22-17-12-8-10-15-9-6-7-11-16(15)17/h6-12,14,19H,5,13H2,1-4H3,(H,22,23). The van der Waals surface area contributed by atoms with E-state index in [2.05, 4.69) is 56.4 Å². The maximum Gasteiger partial charge on any atom is 0.306 e. The van der Waals surface area contributed by atoms with Gasteiger partial charge in [-0.3, -0.25) is 9.79 Å². The fraction of sp³-hybridized carbons (Fsp3) is 0.429. The van der Waals surface area contributed by atoms with Crippen molar-refractivity contribution < 1.29 is 9.53 Å². The Bertz CT molecular complexity index is 826. The number of esters is 1. The molecule has 5 heteroatoms. The van der Waals surface area contributed by atoms with Crippen molar-refractivity contribution >= 4 is 39.4 Å². The topological polar surface area (TPSA) is 50.7 Å². The van der Waals surface area contributed by atoms with Crippen LogP contribution < -0.4 is 5.32 Å². The minimum Gasteiger partial charge on any atom is -0.466 e. The molecule has 0 fully saturated rings. The van der Waals surface area contributed by atoms with Crippen molar-refractivity contribution in [3.05, 3.63) is 42.5 Å². The summed E-state index contributed by atoms with van der Waals surface area (Å²) in [6.45, 7) is 8.61. The fourth-order valence-electron chi connectivity index (χ4n) is 3.51. The van der Waals surface area contributed by atoms with E-state index in [1.807, 2.05) is 19.1 Å². The number of carbonyl (C=O) groups is 1. The number of amidine groups is 1. The molecule has 2 atom stereocenters. The molecule has 4 nitrogen and oxygen atoms in total. The highest BCUT2D eigenvalue weighted by atomic mass is 32.2. The van der Waals surface area contributed by atoms with E-state index < -0.39 is 0 Å². The lowest BCUT2D eigenvalue weighted by Gasteiger charge is -2.30. The predicted molar refractivity (Wildman–Crippen MR) is 111 cm³/mol. The normalized spacial score (nSPS) is 20.1. The number of hydrogen-bond donors (Lipinski definition) is 1. The van der Waals surface area contributed by atoms with Crippen molar-refractivity contribution in [3.8, 4) is 0 Å². The Labute approximate surface area is 159 Å². The quantitative estimate of drug-likeness (QED) is 0.745. The van der Waals surface area contributed by atoms with Crippen LogP contribution in [-0.4, -0.2) is 29.0 Å². The third-order valence-corrected chi connectivity index (χ3v) is 5.80. The zero-order chi connectivity index (χ0) is 18.7. The van der Waals surface area contributed by atoms with Crippen molar-refractivity contribution in [3.63, 3.8) is 0 Å². The molecule has 2 aromatic rings. The average molecular weight is 371 g/mol. The molecule has 0 bridgehead atoms. The minimum atomic E-state index is -0.249. The summed E-state index contributed by atoms with van der Waals surface area (Å²) >= 11 is 1.73. The molecule has 2 aromatic carbocycles. The van der Waals surface area contributed by atoms with Gasteiger partial charge in [0.15, 0.2) is 5.17 Å². The van der Waals surface area contributed by atoms with E-state index in [0.717, 1.165) is 10.9 Å². The van der Waals surface area contributed by atoms with Gasteiger partial charge in [0.25, 0.3) is 0 Å². The Morgan fingerprint density at radius 1 is 1.23 bits per heavy atom. The number of ether oxygens (including phenoxy) is 1. The van der Waals surface area contributed by atoms with Crippen LogP contribution in [0.15, 0.2) is 47.5 Å². The highest BCUT2D eigenvalue weighted by Gasteiger charge is 2.40. The van der Waals surface area contributed by atoms with Gasteiger partial charge in [-0.25, -0.2) is 0 Å². The fourth-order valence-corrected chi connectivity index (χ4v) is 4.77. The van der Waals surface area contributed by atoms with Gasteiger partial charge in [0.2, 0.25) is 0 Å². The Morgan fingerprint density at radius 3 is 2.73 bits per heavy atom. The SMILES string of the molecule is CCOC(=O)CC(C)(C)C1N=C(Nc2cccc3ccccc23)SC1C. The molecule has 1 N–H and O–H groups in total. The van der Waals surface area contributed by atoms with E-state index in [1.165, 1.54) is 10.8 Å². The molecule has 2 unspecified atom stereocenters. The van der Waals surface area contributed by atoms with Gasteiger partial charge in [0.05, 0.1) is 19.1 Å². The van der Waals surface area contributed by atoms with Gasteiger partial charge in [0.1, 0.15) is 0 Å². The summed E-state index contributed by atoms with van der Waals surface area (Å²) in [6, 6.07) is 14.6. The van der Waals surface area contributed by atoms with E-state index in [0.29, 0.717) is 18.3 Å². The molecule has 0 spiro atoms. The molecular weight excluding hydrogens is 344 g/mol. The molecule has 0 aliphatic carbocycles. The number of carbonyl (C=O) groups excluding carboxylic acids is 1. The Hall–Kier alpha value is -2.01. The second kappa shape index (κ2) is 7.70. The molecule has 1 aliphatic rings. The van der Waals surface area contributed by atoms with Crippen LogP contribution in [0.1, 0.15) is 34.1 Å². The number of benzene rings is 2. The van der Waals surface area contributed by atoms with Crippen LogP contribution in [0.3, 0.4) is 0 Å². The second-order valence-electron chi connectivity index (χ2n) is 7.32. The number of rotatable bonds is 5. The van der Waals surface area contributed by atoms with Crippen molar-refractivity contribution in [2.45, 2.75) is 45.4 Å². The summed E-state index contributed by atoms with van der Waals surface area (Å²) in [5.41, 5.74) is 0.811. The van der Waals surface area contributed by atoms with Crippen LogP contribution >= 0.6 is 11.8 Å². The molecule has 138 valence electrons. The second-order valence-corrected chi connectivity index (χ2v) is 8.69. The highest BCUT2D eigenvalue weighted by molar-refractivity contribution is 8.15. The maximum absolute atomic E-state index is 11.9. The Kier molecular flexibility index (Phi) is 5.56. The van der Waals surface area contributed by atoms with Crippen LogP contribution in [0.5, 0.6) is 0 Å². The number of aliphatic imine (C=N–C) groups is 1. The van der Waals surface area contributed by atoms with Crippen LogP contribution in [-0.2, 0) is 9.53 Å². The first-order chi connectivity index (χ1) is 12.4. The van der Waals surface area contributed by atoms with Crippen molar-refractivity contribution in [1.29, 1.82) is 0 Å². The van der Waals surface area contributed by atoms with Crippen LogP contribution in [0.4, 0.5) is 5.69 Å². The van der Waals surface area contributed by atoms with Gasteiger partial charge in [0, 0.05) is 16.3 Å². The van der Waals surface area contributed by atoms with E-state index >= 15 is 0 Å². The lowest BCUT2D eigenvalue weighted by molar-refractivity contribution is -0.145. The molecule has 0 radical (unpaired) electrons. The van der Waals surface area contributed by atoms with E-state index in [-0.39, 0.29) is 17.4 Å². The predicted octanol–water partition coefficient (Wildman–Crippen LogP) is 5.09.